The van der Waals surface area contributed by atoms with Gasteiger partial charge in [0.2, 0.25) is 0 Å². The number of benzene rings is 1. The van der Waals surface area contributed by atoms with Gasteiger partial charge in [0, 0.05) is 26.2 Å². The molecule has 1 amide bonds. The van der Waals surface area contributed by atoms with Crippen LogP contribution in [-0.2, 0) is 24.5 Å². The van der Waals surface area contributed by atoms with E-state index in [1.807, 2.05) is 0 Å². The monoisotopic (exact) mass is 443 g/mol. The lowest BCUT2D eigenvalue weighted by molar-refractivity contribution is -0.143. The minimum absolute atomic E-state index is 0.123. The third-order valence-electron chi connectivity index (χ3n) is 4.57. The molecule has 1 aromatic rings. The van der Waals surface area contributed by atoms with E-state index in [-0.39, 0.29) is 45.8 Å². The zero-order chi connectivity index (χ0) is 22.1. The van der Waals surface area contributed by atoms with Crippen LogP contribution in [0.5, 0.6) is 5.75 Å². The first-order chi connectivity index (χ1) is 14.3. The van der Waals surface area contributed by atoms with Gasteiger partial charge in [0.15, 0.2) is 0 Å². The largest absolute Gasteiger partial charge is 0.497 e. The van der Waals surface area contributed by atoms with E-state index in [0.717, 1.165) is 0 Å². The van der Waals surface area contributed by atoms with Crippen molar-refractivity contribution in [3.05, 3.63) is 29.8 Å². The molecular formula is C19H29N3O7S. The standard InChI is InChI=1S/C19H29N3O7S/c1-4-28-18(23)14-17(15-7-6-8-16(13-15)27-3)20-30(25,26)22-11-9-21(10-12-22)19(24)29-5-2/h6-8,13,17,20H,4-5,9-12,14H2,1-3H3. The highest BCUT2D eigenvalue weighted by Crippen LogP contribution is 2.24. The second-order valence-corrected chi connectivity index (χ2v) is 8.25. The maximum absolute atomic E-state index is 13.0. The summed E-state index contributed by atoms with van der Waals surface area (Å²) in [4.78, 5) is 25.3. The van der Waals surface area contributed by atoms with Crippen LogP contribution in [0.4, 0.5) is 4.79 Å². The highest BCUT2D eigenvalue weighted by atomic mass is 32.2. The maximum atomic E-state index is 13.0. The summed E-state index contributed by atoms with van der Waals surface area (Å²) in [6.45, 7) is 4.55. The van der Waals surface area contributed by atoms with E-state index in [2.05, 4.69) is 4.72 Å². The summed E-state index contributed by atoms with van der Waals surface area (Å²) >= 11 is 0. The highest BCUT2D eigenvalue weighted by Gasteiger charge is 2.32. The molecule has 0 aliphatic carbocycles. The van der Waals surface area contributed by atoms with Gasteiger partial charge >= 0.3 is 12.1 Å². The lowest BCUT2D eigenvalue weighted by atomic mass is 10.0. The molecule has 1 fully saturated rings. The first-order valence-corrected chi connectivity index (χ1v) is 11.2. The zero-order valence-corrected chi connectivity index (χ0v) is 18.3. The van der Waals surface area contributed by atoms with E-state index < -0.39 is 28.3 Å². The fourth-order valence-electron chi connectivity index (χ4n) is 3.05. The quantitative estimate of drug-likeness (QED) is 0.572. The Kier molecular flexibility index (Phi) is 8.88. The average Bonchev–Trinajstić information content (AvgIpc) is 2.73. The summed E-state index contributed by atoms with van der Waals surface area (Å²) in [7, 11) is -2.41. The van der Waals surface area contributed by atoms with Crippen LogP contribution in [0.3, 0.4) is 0 Å². The Bertz CT molecular complexity index is 823. The lowest BCUT2D eigenvalue weighted by Crippen LogP contribution is -2.53. The second kappa shape index (κ2) is 11.1. The summed E-state index contributed by atoms with van der Waals surface area (Å²) < 4.78 is 44.9. The van der Waals surface area contributed by atoms with Crippen LogP contribution in [-0.4, -0.2) is 76.2 Å². The third kappa shape index (κ3) is 6.57. The first kappa shape index (κ1) is 23.9. The van der Waals surface area contributed by atoms with Crippen molar-refractivity contribution in [1.82, 2.24) is 13.9 Å². The van der Waals surface area contributed by atoms with Crippen LogP contribution in [0.15, 0.2) is 24.3 Å². The normalized spacial score (nSPS) is 16.0. The second-order valence-electron chi connectivity index (χ2n) is 6.55. The Balaban J connectivity index is 2.13. The number of hydrogen-bond acceptors (Lipinski definition) is 7. The molecule has 1 aliphatic rings. The number of rotatable bonds is 9. The topological polar surface area (TPSA) is 114 Å². The van der Waals surface area contributed by atoms with Gasteiger partial charge in [-0.1, -0.05) is 12.1 Å². The smallest absolute Gasteiger partial charge is 0.409 e. The number of hydrogen-bond donors (Lipinski definition) is 1. The molecule has 1 N–H and O–H groups in total. The van der Waals surface area contributed by atoms with Crippen molar-refractivity contribution >= 4 is 22.3 Å². The van der Waals surface area contributed by atoms with Crippen molar-refractivity contribution in [1.29, 1.82) is 0 Å². The van der Waals surface area contributed by atoms with E-state index in [0.29, 0.717) is 11.3 Å². The molecule has 1 aromatic carbocycles. The van der Waals surface area contributed by atoms with Gasteiger partial charge in [0.1, 0.15) is 5.75 Å². The van der Waals surface area contributed by atoms with Crippen LogP contribution in [0.1, 0.15) is 31.9 Å². The van der Waals surface area contributed by atoms with Crippen LogP contribution in [0, 0.1) is 0 Å². The van der Waals surface area contributed by atoms with Gasteiger partial charge in [-0.15, -0.1) is 0 Å². The van der Waals surface area contributed by atoms with Gasteiger partial charge in [0.25, 0.3) is 10.2 Å². The predicted molar refractivity (Wildman–Crippen MR) is 109 cm³/mol. The van der Waals surface area contributed by atoms with E-state index in [4.69, 9.17) is 14.2 Å². The van der Waals surface area contributed by atoms with Crippen LogP contribution >= 0.6 is 0 Å². The molecule has 11 heteroatoms. The summed E-state index contributed by atoms with van der Waals surface area (Å²) in [5.74, 6) is 0.0313. The summed E-state index contributed by atoms with van der Waals surface area (Å²) in [6, 6.07) is 6.01. The van der Waals surface area contributed by atoms with Crippen molar-refractivity contribution in [3.63, 3.8) is 0 Å². The van der Waals surface area contributed by atoms with Crippen molar-refractivity contribution in [2.24, 2.45) is 0 Å². The number of nitrogens with one attached hydrogen (secondary N) is 1. The molecular weight excluding hydrogens is 414 g/mol. The third-order valence-corrected chi connectivity index (χ3v) is 6.20. The van der Waals surface area contributed by atoms with Crippen molar-refractivity contribution in [3.8, 4) is 5.75 Å². The minimum Gasteiger partial charge on any atom is -0.497 e. The van der Waals surface area contributed by atoms with Gasteiger partial charge in [-0.3, -0.25) is 4.79 Å². The van der Waals surface area contributed by atoms with E-state index >= 15 is 0 Å². The van der Waals surface area contributed by atoms with Gasteiger partial charge in [-0.05, 0) is 31.5 Å². The summed E-state index contributed by atoms with van der Waals surface area (Å²) in [5, 5.41) is 0. The van der Waals surface area contributed by atoms with Crippen molar-refractivity contribution in [2.75, 3.05) is 46.5 Å². The zero-order valence-electron chi connectivity index (χ0n) is 17.5. The van der Waals surface area contributed by atoms with Crippen LogP contribution < -0.4 is 9.46 Å². The molecule has 2 rings (SSSR count). The number of nitrogens with zero attached hydrogens (tertiary/aromatic N) is 2. The minimum atomic E-state index is -3.92. The Morgan fingerprint density at radius 2 is 1.77 bits per heavy atom. The molecule has 168 valence electrons. The molecule has 1 heterocycles. The SMILES string of the molecule is CCOC(=O)CC(NS(=O)(=O)N1CCN(C(=O)OCC)CC1)c1cccc(OC)c1. The Labute approximate surface area is 177 Å². The number of piperazine rings is 1. The van der Waals surface area contributed by atoms with E-state index in [1.54, 1.807) is 38.1 Å². The number of esters is 1. The summed E-state index contributed by atoms with van der Waals surface area (Å²) in [5.41, 5.74) is 0.580. The number of carbonyl (C=O) groups is 2. The Morgan fingerprint density at radius 1 is 1.10 bits per heavy atom. The summed E-state index contributed by atoms with van der Waals surface area (Å²) in [6.07, 6.45) is -0.623. The maximum Gasteiger partial charge on any atom is 0.409 e. The first-order valence-electron chi connectivity index (χ1n) is 9.79. The average molecular weight is 444 g/mol. The fourth-order valence-corrected chi connectivity index (χ4v) is 4.42. The van der Waals surface area contributed by atoms with E-state index in [1.165, 1.54) is 16.3 Å². The molecule has 1 aliphatic heterocycles. The number of methoxy groups -OCH3 is 1. The molecule has 1 saturated heterocycles. The molecule has 0 bridgehead atoms. The Morgan fingerprint density at radius 3 is 2.37 bits per heavy atom. The molecule has 30 heavy (non-hydrogen) atoms. The van der Waals surface area contributed by atoms with Gasteiger partial charge < -0.3 is 19.1 Å². The van der Waals surface area contributed by atoms with Crippen molar-refractivity contribution < 1.29 is 32.2 Å². The lowest BCUT2D eigenvalue weighted by Gasteiger charge is -2.34. The predicted octanol–water partition coefficient (Wildman–Crippen LogP) is 1.30. The van der Waals surface area contributed by atoms with E-state index in [9.17, 15) is 18.0 Å². The molecule has 0 aromatic heterocycles. The van der Waals surface area contributed by atoms with Crippen LogP contribution in [0.25, 0.3) is 0 Å². The molecule has 0 radical (unpaired) electrons. The van der Waals surface area contributed by atoms with Gasteiger partial charge in [-0.2, -0.15) is 17.4 Å². The molecule has 10 nitrogen and oxygen atoms in total. The molecule has 0 spiro atoms. The van der Waals surface area contributed by atoms with Gasteiger partial charge in [-0.25, -0.2) is 4.79 Å². The van der Waals surface area contributed by atoms with Crippen LogP contribution in [0.2, 0.25) is 0 Å². The number of carbonyl (C=O) groups excluding carboxylic acids is 2. The molecule has 0 saturated carbocycles. The number of amides is 1. The molecule has 1 unspecified atom stereocenters. The number of ether oxygens (including phenoxy) is 3. The Hall–Kier alpha value is -2.37. The van der Waals surface area contributed by atoms with Crippen molar-refractivity contribution in [2.45, 2.75) is 26.3 Å². The van der Waals surface area contributed by atoms with Gasteiger partial charge in [0.05, 0.1) is 32.8 Å². The molecule has 1 atom stereocenters. The fraction of sp³-hybridized carbons (Fsp3) is 0.579. The highest BCUT2D eigenvalue weighted by molar-refractivity contribution is 7.87.